The Kier molecular flexibility index (Phi) is 6.68. The van der Waals surface area contributed by atoms with Gasteiger partial charge in [0.25, 0.3) is 0 Å². The SMILES string of the molecule is Cc1ccccc1N1CCN(C(=O)N2CN(C(=O)C3CCCCC3)Cc3cc(Cl)ccc32)CC1. The largest absolute Gasteiger partial charge is 0.368 e. The van der Waals surface area contributed by atoms with E-state index in [0.717, 1.165) is 50.0 Å². The highest BCUT2D eigenvalue weighted by molar-refractivity contribution is 6.30. The van der Waals surface area contributed by atoms with Gasteiger partial charge in [-0.15, -0.1) is 0 Å². The molecule has 0 bridgehead atoms. The number of fused-ring (bicyclic) bond motifs is 1. The molecule has 0 N–H and O–H groups in total. The smallest absolute Gasteiger partial charge is 0.326 e. The molecule has 3 aliphatic rings. The van der Waals surface area contributed by atoms with E-state index in [4.69, 9.17) is 11.6 Å². The summed E-state index contributed by atoms with van der Waals surface area (Å²) in [7, 11) is 0. The Morgan fingerprint density at radius 2 is 1.62 bits per heavy atom. The predicted octanol–water partition coefficient (Wildman–Crippen LogP) is 5.28. The molecule has 2 aliphatic heterocycles. The minimum Gasteiger partial charge on any atom is -0.368 e. The van der Waals surface area contributed by atoms with E-state index in [1.165, 1.54) is 17.7 Å². The van der Waals surface area contributed by atoms with E-state index in [0.29, 0.717) is 31.3 Å². The fraction of sp³-hybridized carbons (Fsp3) is 0.481. The van der Waals surface area contributed by atoms with Crippen LogP contribution >= 0.6 is 11.6 Å². The lowest BCUT2D eigenvalue weighted by Crippen LogP contribution is -2.57. The van der Waals surface area contributed by atoms with Crippen molar-refractivity contribution in [2.75, 3.05) is 42.6 Å². The van der Waals surface area contributed by atoms with Crippen LogP contribution < -0.4 is 9.80 Å². The Morgan fingerprint density at radius 1 is 0.882 bits per heavy atom. The second-order valence-corrected chi connectivity index (χ2v) is 10.2. The van der Waals surface area contributed by atoms with Crippen LogP contribution in [0.5, 0.6) is 0 Å². The fourth-order valence-electron chi connectivity index (χ4n) is 5.59. The van der Waals surface area contributed by atoms with Gasteiger partial charge in [0.2, 0.25) is 5.91 Å². The normalized spacial score (nSPS) is 19.2. The second-order valence-electron chi connectivity index (χ2n) is 9.76. The molecule has 0 aromatic heterocycles. The van der Waals surface area contributed by atoms with E-state index in [-0.39, 0.29) is 17.9 Å². The van der Waals surface area contributed by atoms with Gasteiger partial charge < -0.3 is 14.7 Å². The zero-order chi connectivity index (χ0) is 23.7. The van der Waals surface area contributed by atoms with Gasteiger partial charge in [0.1, 0.15) is 6.67 Å². The molecule has 7 heteroatoms. The summed E-state index contributed by atoms with van der Waals surface area (Å²) in [6.07, 6.45) is 5.33. The van der Waals surface area contributed by atoms with Gasteiger partial charge in [-0.1, -0.05) is 49.1 Å². The van der Waals surface area contributed by atoms with E-state index in [2.05, 4.69) is 36.1 Å². The van der Waals surface area contributed by atoms with E-state index in [1.807, 2.05) is 28.0 Å². The molecule has 1 saturated carbocycles. The van der Waals surface area contributed by atoms with Crippen molar-refractivity contribution in [3.8, 4) is 0 Å². The number of urea groups is 1. The molecule has 2 aromatic rings. The van der Waals surface area contributed by atoms with Crippen LogP contribution in [0.4, 0.5) is 16.2 Å². The summed E-state index contributed by atoms with van der Waals surface area (Å²) in [4.78, 5) is 35.0. The third kappa shape index (κ3) is 4.61. The monoisotopic (exact) mass is 480 g/mol. The molecule has 1 saturated heterocycles. The van der Waals surface area contributed by atoms with Crippen LogP contribution in [-0.2, 0) is 11.3 Å². The zero-order valence-electron chi connectivity index (χ0n) is 19.9. The molecule has 34 heavy (non-hydrogen) atoms. The number of anilines is 2. The second kappa shape index (κ2) is 9.87. The Balaban J connectivity index is 1.33. The van der Waals surface area contributed by atoms with Crippen molar-refractivity contribution in [2.45, 2.75) is 45.6 Å². The number of carbonyl (C=O) groups excluding carboxylic acids is 2. The first-order valence-electron chi connectivity index (χ1n) is 12.5. The van der Waals surface area contributed by atoms with Crippen LogP contribution in [0.15, 0.2) is 42.5 Å². The molecule has 5 rings (SSSR count). The van der Waals surface area contributed by atoms with Crippen LogP contribution in [0, 0.1) is 12.8 Å². The molecule has 6 nitrogen and oxygen atoms in total. The summed E-state index contributed by atoms with van der Waals surface area (Å²) in [6, 6.07) is 14.0. The van der Waals surface area contributed by atoms with Crippen LogP contribution in [0.1, 0.15) is 43.2 Å². The van der Waals surface area contributed by atoms with E-state index >= 15 is 0 Å². The van der Waals surface area contributed by atoms with Gasteiger partial charge in [0.15, 0.2) is 0 Å². The van der Waals surface area contributed by atoms with E-state index in [1.54, 1.807) is 4.90 Å². The average Bonchev–Trinajstić information content (AvgIpc) is 2.88. The summed E-state index contributed by atoms with van der Waals surface area (Å²) in [6.45, 7) is 5.84. The molecule has 0 unspecified atom stereocenters. The molecule has 180 valence electrons. The van der Waals surface area contributed by atoms with Crippen LogP contribution in [0.3, 0.4) is 0 Å². The third-order valence-electron chi connectivity index (χ3n) is 7.51. The molecule has 2 fully saturated rings. The quantitative estimate of drug-likeness (QED) is 0.587. The topological polar surface area (TPSA) is 47.1 Å². The van der Waals surface area contributed by atoms with E-state index in [9.17, 15) is 9.59 Å². The summed E-state index contributed by atoms with van der Waals surface area (Å²) < 4.78 is 0. The molecular formula is C27H33ClN4O2. The number of nitrogens with zero attached hydrogens (tertiary/aromatic N) is 4. The third-order valence-corrected chi connectivity index (χ3v) is 7.74. The van der Waals surface area contributed by atoms with Crippen LogP contribution in [0.25, 0.3) is 0 Å². The van der Waals surface area contributed by atoms with Crippen molar-refractivity contribution in [2.24, 2.45) is 5.92 Å². The molecule has 1 aliphatic carbocycles. The molecule has 2 aromatic carbocycles. The molecule has 0 atom stereocenters. The Bertz CT molecular complexity index is 1060. The van der Waals surface area contributed by atoms with Gasteiger partial charge in [0, 0.05) is 49.4 Å². The Morgan fingerprint density at radius 3 is 2.35 bits per heavy atom. The summed E-state index contributed by atoms with van der Waals surface area (Å²) in [5.74, 6) is 0.247. The zero-order valence-corrected chi connectivity index (χ0v) is 20.6. The first-order chi connectivity index (χ1) is 16.5. The Labute approximate surface area is 207 Å². The minimum absolute atomic E-state index is 0.0332. The highest BCUT2D eigenvalue weighted by Crippen LogP contribution is 2.34. The average molecular weight is 481 g/mol. The first-order valence-corrected chi connectivity index (χ1v) is 12.8. The van der Waals surface area contributed by atoms with E-state index < -0.39 is 0 Å². The van der Waals surface area contributed by atoms with Gasteiger partial charge in [-0.05, 0) is 55.2 Å². The maximum atomic E-state index is 13.7. The standard InChI is InChI=1S/C27H33ClN4O2/c1-20-7-5-6-10-24(20)29-13-15-30(16-14-29)27(34)32-19-31(26(33)21-8-3-2-4-9-21)18-22-17-23(28)11-12-25(22)32/h5-7,10-12,17,21H,2-4,8-9,13-16,18-19H2,1H3. The molecule has 0 spiro atoms. The lowest BCUT2D eigenvalue weighted by atomic mass is 9.88. The van der Waals surface area contributed by atoms with Crippen LogP contribution in [-0.4, -0.2) is 54.6 Å². The summed E-state index contributed by atoms with van der Waals surface area (Å²) in [5.41, 5.74) is 4.29. The maximum Gasteiger partial charge on any atom is 0.326 e. The molecule has 3 amide bonds. The van der Waals surface area contributed by atoms with Crippen molar-refractivity contribution in [3.05, 3.63) is 58.6 Å². The van der Waals surface area contributed by atoms with Crippen LogP contribution in [0.2, 0.25) is 5.02 Å². The van der Waals surface area contributed by atoms with Crippen molar-refractivity contribution >= 4 is 34.9 Å². The number of hydrogen-bond acceptors (Lipinski definition) is 3. The number of halogens is 1. The summed E-state index contributed by atoms with van der Waals surface area (Å²) >= 11 is 6.29. The molecule has 0 radical (unpaired) electrons. The molecular weight excluding hydrogens is 448 g/mol. The van der Waals surface area contributed by atoms with Gasteiger partial charge in [0.05, 0.1) is 5.69 Å². The van der Waals surface area contributed by atoms with Gasteiger partial charge in [-0.2, -0.15) is 0 Å². The number of aryl methyl sites for hydroxylation is 1. The van der Waals surface area contributed by atoms with Gasteiger partial charge >= 0.3 is 6.03 Å². The Hall–Kier alpha value is -2.73. The van der Waals surface area contributed by atoms with Crippen molar-refractivity contribution in [1.82, 2.24) is 9.80 Å². The molecule has 2 heterocycles. The highest BCUT2D eigenvalue weighted by atomic mass is 35.5. The van der Waals surface area contributed by atoms with Gasteiger partial charge in [-0.3, -0.25) is 9.69 Å². The number of benzene rings is 2. The maximum absolute atomic E-state index is 13.7. The number of piperazine rings is 1. The lowest BCUT2D eigenvalue weighted by Gasteiger charge is -2.43. The highest BCUT2D eigenvalue weighted by Gasteiger charge is 2.35. The summed E-state index contributed by atoms with van der Waals surface area (Å²) in [5, 5.41) is 0.630. The number of para-hydroxylation sites is 1. The lowest BCUT2D eigenvalue weighted by molar-refractivity contribution is -0.137. The minimum atomic E-state index is -0.0332. The van der Waals surface area contributed by atoms with Gasteiger partial charge in [-0.25, -0.2) is 4.79 Å². The number of hydrogen-bond donors (Lipinski definition) is 0. The fourth-order valence-corrected chi connectivity index (χ4v) is 5.79. The number of carbonyl (C=O) groups is 2. The number of rotatable bonds is 2. The van der Waals surface area contributed by atoms with Crippen molar-refractivity contribution in [1.29, 1.82) is 0 Å². The number of amides is 3. The first kappa shape index (κ1) is 23.0. The van der Waals surface area contributed by atoms with Crippen molar-refractivity contribution in [3.63, 3.8) is 0 Å². The van der Waals surface area contributed by atoms with Crippen molar-refractivity contribution < 1.29 is 9.59 Å². The predicted molar refractivity (Wildman–Crippen MR) is 136 cm³/mol.